The van der Waals surface area contributed by atoms with Crippen LogP contribution in [0.15, 0.2) is 53.4 Å². The number of nitrogens with zero attached hydrogens (tertiary/aromatic N) is 8. The Morgan fingerprint density at radius 1 is 1.17 bits per heavy atom. The van der Waals surface area contributed by atoms with Crippen molar-refractivity contribution in [2.75, 3.05) is 70.1 Å². The standard InChI is InChI=1S/C28H33FN10O3/c1-35(17-25(30)40)12-14-41-19-4-5-22(20(29)15-19)37-9-6-36(7-10-37)8-11-38-18-32-26-23-16-21(24-3-2-13-42-24)34-39(23)28(31)33-27(26)38/h2-5,13,15-16,18H,6-12,14,17H2,1H3,(H2,30,40)(H2,31,33). The Bertz CT molecular complexity index is 1690. The zero-order chi connectivity index (χ0) is 29.2. The first-order valence-corrected chi connectivity index (χ1v) is 13.8. The van der Waals surface area contributed by atoms with Gasteiger partial charge in [-0.15, -0.1) is 0 Å². The van der Waals surface area contributed by atoms with Crippen molar-refractivity contribution >= 4 is 34.2 Å². The predicted molar refractivity (Wildman–Crippen MR) is 156 cm³/mol. The van der Waals surface area contributed by atoms with Crippen molar-refractivity contribution in [1.82, 2.24) is 33.9 Å². The van der Waals surface area contributed by atoms with Gasteiger partial charge in [-0.1, -0.05) is 0 Å². The zero-order valence-corrected chi connectivity index (χ0v) is 23.3. The van der Waals surface area contributed by atoms with Crippen molar-refractivity contribution < 1.29 is 18.3 Å². The number of fused-ring (bicyclic) bond motifs is 3. The van der Waals surface area contributed by atoms with Gasteiger partial charge in [-0.2, -0.15) is 14.6 Å². The number of primary amides is 1. The average molecular weight is 577 g/mol. The second-order valence-electron chi connectivity index (χ2n) is 10.4. The van der Waals surface area contributed by atoms with Gasteiger partial charge >= 0.3 is 0 Å². The monoisotopic (exact) mass is 576 g/mol. The molecule has 0 unspecified atom stereocenters. The number of hydrogen-bond donors (Lipinski definition) is 2. The molecule has 0 saturated carbocycles. The third kappa shape index (κ3) is 5.71. The van der Waals surface area contributed by atoms with Crippen LogP contribution in [0.4, 0.5) is 16.0 Å². The van der Waals surface area contributed by atoms with Crippen LogP contribution in [0.1, 0.15) is 0 Å². The second-order valence-corrected chi connectivity index (χ2v) is 10.4. The van der Waals surface area contributed by atoms with E-state index in [1.54, 1.807) is 41.2 Å². The maximum atomic E-state index is 15.0. The molecule has 0 bridgehead atoms. The number of nitrogens with two attached hydrogens (primary N) is 2. The highest BCUT2D eigenvalue weighted by molar-refractivity contribution is 5.90. The minimum atomic E-state index is -0.401. The minimum Gasteiger partial charge on any atom is -0.492 e. The van der Waals surface area contributed by atoms with Crippen LogP contribution in [0.2, 0.25) is 0 Å². The number of imidazole rings is 1. The van der Waals surface area contributed by atoms with Gasteiger partial charge in [-0.3, -0.25) is 14.6 Å². The molecule has 1 amide bonds. The zero-order valence-electron chi connectivity index (χ0n) is 23.3. The number of carbonyl (C=O) groups is 1. The molecule has 13 nitrogen and oxygen atoms in total. The van der Waals surface area contributed by atoms with Gasteiger partial charge in [0, 0.05) is 51.9 Å². The molecule has 0 atom stereocenters. The molecule has 1 aliphatic rings. The topological polar surface area (TPSA) is 149 Å². The molecule has 1 aliphatic heterocycles. The lowest BCUT2D eigenvalue weighted by Crippen LogP contribution is -2.47. The van der Waals surface area contributed by atoms with Crippen molar-refractivity contribution in [2.45, 2.75) is 6.54 Å². The maximum absolute atomic E-state index is 15.0. The van der Waals surface area contributed by atoms with Gasteiger partial charge in [0.1, 0.15) is 34.9 Å². The number of hydrogen-bond acceptors (Lipinski definition) is 10. The fourth-order valence-electron chi connectivity index (χ4n) is 5.22. The Morgan fingerprint density at radius 2 is 2.00 bits per heavy atom. The van der Waals surface area contributed by atoms with E-state index in [0.717, 1.165) is 30.7 Å². The molecule has 1 saturated heterocycles. The predicted octanol–water partition coefficient (Wildman–Crippen LogP) is 1.68. The number of likely N-dealkylation sites (N-methyl/N-ethyl adjacent to an activating group) is 1. The van der Waals surface area contributed by atoms with Crippen molar-refractivity contribution in [3.05, 3.63) is 54.8 Å². The van der Waals surface area contributed by atoms with Crippen LogP contribution in [0, 0.1) is 5.82 Å². The number of halogens is 1. The quantitative estimate of drug-likeness (QED) is 0.238. The van der Waals surface area contributed by atoms with E-state index < -0.39 is 5.91 Å². The average Bonchev–Trinajstić information content (AvgIpc) is 3.72. The van der Waals surface area contributed by atoms with Crippen molar-refractivity contribution in [2.24, 2.45) is 5.73 Å². The Labute approximate surface area is 241 Å². The lowest BCUT2D eigenvalue weighted by atomic mass is 10.2. The molecule has 4 aromatic heterocycles. The summed E-state index contributed by atoms with van der Waals surface area (Å²) >= 11 is 0. The largest absolute Gasteiger partial charge is 0.492 e. The molecule has 0 radical (unpaired) electrons. The summed E-state index contributed by atoms with van der Waals surface area (Å²) in [6.45, 7) is 5.47. The highest BCUT2D eigenvalue weighted by Gasteiger charge is 2.21. The molecule has 42 heavy (non-hydrogen) atoms. The molecular formula is C28H33FN10O3. The fraction of sp³-hybridized carbons (Fsp3) is 0.357. The van der Waals surface area contributed by atoms with E-state index in [9.17, 15) is 9.18 Å². The van der Waals surface area contributed by atoms with Crippen LogP contribution in [-0.4, -0.2) is 99.3 Å². The molecule has 6 rings (SSSR count). The summed E-state index contributed by atoms with van der Waals surface area (Å²) in [6.07, 6.45) is 3.38. The van der Waals surface area contributed by atoms with Crippen LogP contribution < -0.4 is 21.1 Å². The van der Waals surface area contributed by atoms with Gasteiger partial charge in [0.05, 0.1) is 24.8 Å². The van der Waals surface area contributed by atoms with Crippen molar-refractivity contribution in [1.29, 1.82) is 0 Å². The first kappa shape index (κ1) is 27.5. The van der Waals surface area contributed by atoms with Gasteiger partial charge in [0.2, 0.25) is 11.9 Å². The number of carbonyl (C=O) groups excluding carboxylic acids is 1. The van der Waals surface area contributed by atoms with E-state index in [4.69, 9.17) is 20.6 Å². The number of ether oxygens (including phenoxy) is 1. The molecule has 1 aromatic carbocycles. The summed E-state index contributed by atoms with van der Waals surface area (Å²) in [5.74, 6) is 0.661. The van der Waals surface area contributed by atoms with Crippen molar-refractivity contribution in [3.8, 4) is 17.2 Å². The first-order valence-electron chi connectivity index (χ1n) is 13.8. The normalized spacial score (nSPS) is 14.4. The molecule has 0 aliphatic carbocycles. The van der Waals surface area contributed by atoms with Gasteiger partial charge in [-0.05, 0) is 37.4 Å². The molecule has 5 aromatic rings. The Hall–Kier alpha value is -4.69. The molecule has 5 heterocycles. The summed E-state index contributed by atoms with van der Waals surface area (Å²) in [7, 11) is 1.78. The molecular weight excluding hydrogens is 543 g/mol. The van der Waals surface area contributed by atoms with E-state index >= 15 is 0 Å². The van der Waals surface area contributed by atoms with E-state index in [1.165, 1.54) is 6.07 Å². The molecule has 4 N–H and O–H groups in total. The summed E-state index contributed by atoms with van der Waals surface area (Å²) in [6, 6.07) is 10.5. The van der Waals surface area contributed by atoms with E-state index in [0.29, 0.717) is 61.3 Å². The fourth-order valence-corrected chi connectivity index (χ4v) is 5.22. The minimum absolute atomic E-state index is 0.149. The molecule has 1 fully saturated rings. The van der Waals surface area contributed by atoms with Crippen LogP contribution in [0.5, 0.6) is 5.75 Å². The van der Waals surface area contributed by atoms with Gasteiger partial charge in [-0.25, -0.2) is 9.37 Å². The van der Waals surface area contributed by atoms with E-state index in [-0.39, 0.29) is 18.3 Å². The number of anilines is 2. The summed E-state index contributed by atoms with van der Waals surface area (Å²) in [4.78, 5) is 26.3. The van der Waals surface area contributed by atoms with Gasteiger partial charge < -0.3 is 30.1 Å². The lowest BCUT2D eigenvalue weighted by molar-refractivity contribution is -0.118. The summed E-state index contributed by atoms with van der Waals surface area (Å²) < 4.78 is 29.7. The maximum Gasteiger partial charge on any atom is 0.231 e. The number of furan rings is 1. The molecule has 0 spiro atoms. The summed E-state index contributed by atoms with van der Waals surface area (Å²) in [5.41, 5.74) is 14.9. The number of piperazine rings is 1. The third-order valence-corrected chi connectivity index (χ3v) is 7.43. The van der Waals surface area contributed by atoms with Gasteiger partial charge in [0.15, 0.2) is 11.4 Å². The smallest absolute Gasteiger partial charge is 0.231 e. The number of amides is 1. The first-order chi connectivity index (χ1) is 20.4. The van der Waals surface area contributed by atoms with Gasteiger partial charge in [0.25, 0.3) is 0 Å². The highest BCUT2D eigenvalue weighted by Crippen LogP contribution is 2.27. The number of rotatable bonds is 11. The summed E-state index contributed by atoms with van der Waals surface area (Å²) in [5, 5.41) is 4.53. The number of aromatic nitrogens is 5. The molecule has 14 heteroatoms. The number of benzene rings is 1. The Balaban J connectivity index is 1.04. The lowest BCUT2D eigenvalue weighted by Gasteiger charge is -2.36. The van der Waals surface area contributed by atoms with Crippen LogP contribution in [0.25, 0.3) is 28.1 Å². The van der Waals surface area contributed by atoms with E-state index in [1.807, 2.05) is 22.8 Å². The van der Waals surface area contributed by atoms with Crippen molar-refractivity contribution in [3.63, 3.8) is 0 Å². The third-order valence-electron chi connectivity index (χ3n) is 7.43. The Morgan fingerprint density at radius 3 is 2.74 bits per heavy atom. The van der Waals surface area contributed by atoms with Crippen LogP contribution >= 0.6 is 0 Å². The van der Waals surface area contributed by atoms with Crippen LogP contribution in [-0.2, 0) is 11.3 Å². The van der Waals surface area contributed by atoms with Crippen LogP contribution in [0.3, 0.4) is 0 Å². The Kier molecular flexibility index (Phi) is 7.63. The molecule has 220 valence electrons. The SMILES string of the molecule is CN(CCOc1ccc(N2CCN(CCn3cnc4c3nc(N)n3nc(-c5ccco5)cc43)CC2)c(F)c1)CC(N)=O. The highest BCUT2D eigenvalue weighted by atomic mass is 19.1. The second kappa shape index (κ2) is 11.7. The number of nitrogen functional groups attached to an aromatic ring is 1. The van der Waals surface area contributed by atoms with E-state index in [2.05, 4.69) is 24.9 Å².